The molecule has 136 valence electrons. The Morgan fingerprint density at radius 3 is 1.84 bits per heavy atom. The summed E-state index contributed by atoms with van der Waals surface area (Å²) in [6.45, 7) is 7.37. The highest BCUT2D eigenvalue weighted by Crippen LogP contribution is 2.09. The minimum atomic E-state index is -0.495. The molecule has 0 aliphatic heterocycles. The van der Waals surface area contributed by atoms with Gasteiger partial charge in [0, 0.05) is 14.1 Å². The van der Waals surface area contributed by atoms with Crippen molar-refractivity contribution in [1.29, 1.82) is 0 Å². The number of benzene rings is 1. The van der Waals surface area contributed by atoms with E-state index in [0.29, 0.717) is 0 Å². The van der Waals surface area contributed by atoms with Crippen LogP contribution in [0.2, 0.25) is 0 Å². The van der Waals surface area contributed by atoms with Crippen molar-refractivity contribution in [2.24, 2.45) is 11.5 Å². The van der Waals surface area contributed by atoms with Crippen LogP contribution in [0.4, 0.5) is 9.59 Å². The second-order valence-corrected chi connectivity index (χ2v) is 4.46. The number of nitrogens with two attached hydrogens (primary N) is 2. The van der Waals surface area contributed by atoms with Gasteiger partial charge < -0.3 is 22.1 Å². The van der Waals surface area contributed by atoms with Gasteiger partial charge in [0.25, 0.3) is 0 Å². The van der Waals surface area contributed by atoms with Crippen LogP contribution in [0, 0.1) is 0 Å². The van der Waals surface area contributed by atoms with Gasteiger partial charge in [0.1, 0.15) is 0 Å². The third kappa shape index (κ3) is 18.7. The molecule has 0 heterocycles. The highest BCUT2D eigenvalue weighted by Gasteiger charge is 1.93. The molecule has 6 nitrogen and oxygen atoms in total. The van der Waals surface area contributed by atoms with E-state index in [4.69, 9.17) is 0 Å². The van der Waals surface area contributed by atoms with Crippen molar-refractivity contribution in [2.75, 3.05) is 14.1 Å². The van der Waals surface area contributed by atoms with Crippen molar-refractivity contribution >= 4 is 12.1 Å². The molecule has 0 bridgehead atoms. The predicted molar refractivity (Wildman–Crippen MR) is 105 cm³/mol. The number of hydrogen-bond acceptors (Lipinski definition) is 2. The average molecular weight is 344 g/mol. The van der Waals surface area contributed by atoms with Crippen molar-refractivity contribution in [3.05, 3.63) is 85.0 Å². The molecule has 6 N–H and O–H groups in total. The highest BCUT2D eigenvalue weighted by molar-refractivity contribution is 5.71. The largest absolute Gasteiger partial charge is 0.352 e. The van der Waals surface area contributed by atoms with Gasteiger partial charge in [0.2, 0.25) is 0 Å². The van der Waals surface area contributed by atoms with Crippen LogP contribution in [0.5, 0.6) is 0 Å². The molecule has 0 aliphatic rings. The van der Waals surface area contributed by atoms with Crippen molar-refractivity contribution in [2.45, 2.75) is 6.42 Å². The van der Waals surface area contributed by atoms with Crippen LogP contribution in [0.1, 0.15) is 5.56 Å². The second kappa shape index (κ2) is 17.1. The summed E-state index contributed by atoms with van der Waals surface area (Å²) in [7, 11) is 2.95. The van der Waals surface area contributed by atoms with E-state index in [1.54, 1.807) is 6.08 Å². The van der Waals surface area contributed by atoms with Crippen LogP contribution in [0.25, 0.3) is 0 Å². The van der Waals surface area contributed by atoms with Gasteiger partial charge in [-0.3, -0.25) is 0 Å². The number of urea groups is 2. The monoisotopic (exact) mass is 344 g/mol. The highest BCUT2D eigenvalue weighted by atomic mass is 16.2. The number of primary amides is 2. The van der Waals surface area contributed by atoms with E-state index < -0.39 is 12.1 Å². The second-order valence-electron chi connectivity index (χ2n) is 4.46. The maximum Gasteiger partial charge on any atom is 0.311 e. The summed E-state index contributed by atoms with van der Waals surface area (Å²) in [4.78, 5) is 19.0. The quantitative estimate of drug-likeness (QED) is 0.616. The third-order valence-electron chi connectivity index (χ3n) is 2.52. The van der Waals surface area contributed by atoms with E-state index in [1.807, 2.05) is 24.3 Å². The molecule has 6 heteroatoms. The third-order valence-corrected chi connectivity index (χ3v) is 2.52. The van der Waals surface area contributed by atoms with E-state index in [0.717, 1.165) is 6.42 Å². The Morgan fingerprint density at radius 2 is 1.48 bits per heavy atom. The molecular formula is C19H28N4O2. The minimum absolute atomic E-state index is 0.495. The summed E-state index contributed by atoms with van der Waals surface area (Å²) in [6.07, 6.45) is 10.5. The van der Waals surface area contributed by atoms with Crippen LogP contribution in [0.3, 0.4) is 0 Å². The standard InChI is InChI=1S/C15H16.2C2H6N2O/c1-3-5-10-14(9-4-2)13-15-11-7-6-8-12-15;2*1-4-2(3)5/h3-12H,1-2,13H2;2*1H3,(H3,3,4,5)/b10-5-,14-9+;;. The summed E-state index contributed by atoms with van der Waals surface area (Å²) >= 11 is 0. The zero-order valence-electron chi connectivity index (χ0n) is 14.9. The first-order chi connectivity index (χ1) is 11.9. The fraction of sp³-hybridized carbons (Fsp3) is 0.158. The van der Waals surface area contributed by atoms with Crippen molar-refractivity contribution < 1.29 is 9.59 Å². The van der Waals surface area contributed by atoms with E-state index in [9.17, 15) is 9.59 Å². The molecular weight excluding hydrogens is 316 g/mol. The normalized spacial score (nSPS) is 9.60. The Hall–Kier alpha value is -3.28. The Balaban J connectivity index is 0. The van der Waals surface area contributed by atoms with E-state index in [1.165, 1.54) is 25.2 Å². The first-order valence-corrected chi connectivity index (χ1v) is 7.50. The maximum absolute atomic E-state index is 9.48. The zero-order chi connectivity index (χ0) is 19.5. The fourth-order valence-corrected chi connectivity index (χ4v) is 1.35. The van der Waals surface area contributed by atoms with Crippen LogP contribution in [-0.4, -0.2) is 26.2 Å². The number of hydrogen-bond donors (Lipinski definition) is 4. The molecule has 0 aromatic heterocycles. The lowest BCUT2D eigenvalue weighted by molar-refractivity contribution is 0.250. The van der Waals surface area contributed by atoms with Gasteiger partial charge in [-0.15, -0.1) is 0 Å². The molecule has 1 aromatic carbocycles. The predicted octanol–water partition coefficient (Wildman–Crippen LogP) is 2.65. The molecule has 1 rings (SSSR count). The fourth-order valence-electron chi connectivity index (χ4n) is 1.35. The van der Waals surface area contributed by atoms with Crippen molar-refractivity contribution in [3.63, 3.8) is 0 Å². The van der Waals surface area contributed by atoms with Gasteiger partial charge in [-0.2, -0.15) is 0 Å². The number of rotatable bonds is 5. The Bertz CT molecular complexity index is 564. The molecule has 25 heavy (non-hydrogen) atoms. The van der Waals surface area contributed by atoms with Crippen LogP contribution in [0.15, 0.2) is 79.4 Å². The Labute approximate surface area is 150 Å². The molecule has 0 atom stereocenters. The number of carbonyl (C=O) groups is 2. The number of carbonyl (C=O) groups excluding carboxylic acids is 2. The zero-order valence-corrected chi connectivity index (χ0v) is 14.9. The molecule has 0 saturated carbocycles. The van der Waals surface area contributed by atoms with E-state index >= 15 is 0 Å². The van der Waals surface area contributed by atoms with Gasteiger partial charge in [-0.25, -0.2) is 9.59 Å². The average Bonchev–Trinajstić information content (AvgIpc) is 2.61. The number of nitrogens with one attached hydrogen (secondary N) is 2. The Morgan fingerprint density at radius 1 is 1.00 bits per heavy atom. The lowest BCUT2D eigenvalue weighted by atomic mass is 10.0. The van der Waals surface area contributed by atoms with Crippen molar-refractivity contribution in [3.8, 4) is 0 Å². The smallest absolute Gasteiger partial charge is 0.311 e. The van der Waals surface area contributed by atoms with Gasteiger partial charge >= 0.3 is 12.1 Å². The van der Waals surface area contributed by atoms with Gasteiger partial charge in [0.05, 0.1) is 0 Å². The van der Waals surface area contributed by atoms with E-state index in [2.05, 4.69) is 65.6 Å². The summed E-state index contributed by atoms with van der Waals surface area (Å²) < 4.78 is 0. The van der Waals surface area contributed by atoms with Gasteiger partial charge in [0.15, 0.2) is 0 Å². The topological polar surface area (TPSA) is 110 Å². The molecule has 1 aromatic rings. The van der Waals surface area contributed by atoms with Gasteiger partial charge in [-0.1, -0.05) is 73.9 Å². The van der Waals surface area contributed by atoms with Gasteiger partial charge in [-0.05, 0) is 17.6 Å². The molecule has 0 aliphatic carbocycles. The lowest BCUT2D eigenvalue weighted by Gasteiger charge is -2.01. The number of amides is 4. The summed E-state index contributed by atoms with van der Waals surface area (Å²) in [6, 6.07) is 9.39. The summed E-state index contributed by atoms with van der Waals surface area (Å²) in [5.74, 6) is 0. The van der Waals surface area contributed by atoms with Crippen molar-refractivity contribution in [1.82, 2.24) is 10.6 Å². The molecule has 4 amide bonds. The summed E-state index contributed by atoms with van der Waals surface area (Å²) in [5.41, 5.74) is 11.6. The van der Waals surface area contributed by atoms with Crippen LogP contribution >= 0.6 is 0 Å². The SMILES string of the molecule is C=C/C=C\C(=C/C=C)Cc1ccccc1.CNC(N)=O.CNC(N)=O. The molecule has 0 saturated heterocycles. The molecule has 0 spiro atoms. The Kier molecular flexibility index (Phi) is 16.4. The minimum Gasteiger partial charge on any atom is -0.352 e. The van der Waals surface area contributed by atoms with Crippen LogP contribution < -0.4 is 22.1 Å². The molecule has 0 radical (unpaired) electrons. The lowest BCUT2D eigenvalue weighted by Crippen LogP contribution is -2.24. The first kappa shape index (κ1) is 24.0. The molecule has 0 fully saturated rings. The first-order valence-electron chi connectivity index (χ1n) is 7.50. The van der Waals surface area contributed by atoms with E-state index in [-0.39, 0.29) is 0 Å². The van der Waals surface area contributed by atoms with Crippen LogP contribution in [-0.2, 0) is 6.42 Å². The maximum atomic E-state index is 9.48. The molecule has 0 unspecified atom stereocenters. The summed E-state index contributed by atoms with van der Waals surface area (Å²) in [5, 5.41) is 4.33. The number of allylic oxidation sites excluding steroid dienone is 6.